The molecule has 8 heteroatoms. The van der Waals surface area contributed by atoms with Gasteiger partial charge in [-0.15, -0.1) is 11.3 Å². The van der Waals surface area contributed by atoms with Gasteiger partial charge in [-0.25, -0.2) is 9.78 Å². The SMILES string of the molecule is CCOc1nc2sc3cn(-c4ccc(OC)cc4)c(=O)nc3c2c(-c2ccccc2)c1C#N. The lowest BCUT2D eigenvalue weighted by Crippen LogP contribution is -2.20. The Morgan fingerprint density at radius 3 is 2.52 bits per heavy atom. The van der Waals surface area contributed by atoms with E-state index in [9.17, 15) is 10.1 Å². The third kappa shape index (κ3) is 3.49. The first-order chi connectivity index (χ1) is 16.1. The van der Waals surface area contributed by atoms with E-state index in [0.29, 0.717) is 44.9 Å². The van der Waals surface area contributed by atoms with Crippen LogP contribution in [0.15, 0.2) is 65.6 Å². The summed E-state index contributed by atoms with van der Waals surface area (Å²) in [7, 11) is 1.59. The fraction of sp³-hybridized carbons (Fsp3) is 0.120. The fourth-order valence-corrected chi connectivity index (χ4v) is 4.84. The Kier molecular flexibility index (Phi) is 5.24. The Morgan fingerprint density at radius 2 is 1.85 bits per heavy atom. The van der Waals surface area contributed by atoms with Crippen molar-refractivity contribution in [3.8, 4) is 34.5 Å². The van der Waals surface area contributed by atoms with E-state index < -0.39 is 5.69 Å². The molecule has 0 saturated carbocycles. The average molecular weight is 455 g/mol. The molecule has 2 aromatic carbocycles. The molecule has 3 heterocycles. The fourth-order valence-electron chi connectivity index (χ4n) is 3.80. The highest BCUT2D eigenvalue weighted by atomic mass is 32.1. The second-order valence-corrected chi connectivity index (χ2v) is 8.20. The van der Waals surface area contributed by atoms with Crippen LogP contribution in [0.2, 0.25) is 0 Å². The molecule has 0 bridgehead atoms. The molecule has 0 N–H and O–H groups in total. The van der Waals surface area contributed by atoms with Crippen LogP contribution in [0.25, 0.3) is 37.2 Å². The van der Waals surface area contributed by atoms with Gasteiger partial charge in [-0.1, -0.05) is 30.3 Å². The first-order valence-electron chi connectivity index (χ1n) is 10.3. The third-order valence-electron chi connectivity index (χ3n) is 5.27. The minimum atomic E-state index is -0.418. The van der Waals surface area contributed by atoms with Crippen molar-refractivity contribution in [3.05, 3.63) is 76.8 Å². The lowest BCUT2D eigenvalue weighted by Gasteiger charge is -2.11. The number of aromatic nitrogens is 3. The molecule has 0 spiro atoms. The number of hydrogen-bond donors (Lipinski definition) is 0. The Labute approximate surface area is 193 Å². The van der Waals surface area contributed by atoms with E-state index in [4.69, 9.17) is 9.47 Å². The van der Waals surface area contributed by atoms with Crippen LogP contribution in [-0.4, -0.2) is 28.3 Å². The van der Waals surface area contributed by atoms with Crippen molar-refractivity contribution in [1.82, 2.24) is 14.5 Å². The monoisotopic (exact) mass is 454 g/mol. The lowest BCUT2D eigenvalue weighted by molar-refractivity contribution is 0.327. The number of nitrogens with zero attached hydrogens (tertiary/aromatic N) is 4. The normalized spacial score (nSPS) is 10.9. The van der Waals surface area contributed by atoms with Gasteiger partial charge in [0.25, 0.3) is 0 Å². The highest BCUT2D eigenvalue weighted by Crippen LogP contribution is 2.42. The van der Waals surface area contributed by atoms with E-state index in [1.165, 1.54) is 15.9 Å². The smallest absolute Gasteiger partial charge is 0.352 e. The van der Waals surface area contributed by atoms with Crippen LogP contribution in [0.3, 0.4) is 0 Å². The molecule has 0 radical (unpaired) electrons. The van der Waals surface area contributed by atoms with Crippen molar-refractivity contribution < 1.29 is 9.47 Å². The summed E-state index contributed by atoms with van der Waals surface area (Å²) in [4.78, 5) is 22.7. The van der Waals surface area contributed by atoms with Gasteiger partial charge in [-0.3, -0.25) is 4.57 Å². The van der Waals surface area contributed by atoms with E-state index in [1.54, 1.807) is 37.6 Å². The van der Waals surface area contributed by atoms with Crippen LogP contribution in [0, 0.1) is 11.3 Å². The van der Waals surface area contributed by atoms with Crippen LogP contribution in [-0.2, 0) is 0 Å². The number of hydrogen-bond acceptors (Lipinski definition) is 7. The van der Waals surface area contributed by atoms with E-state index >= 15 is 0 Å². The molecule has 5 aromatic rings. The number of pyridine rings is 1. The first kappa shape index (κ1) is 20.7. The number of rotatable bonds is 5. The highest BCUT2D eigenvalue weighted by Gasteiger charge is 2.23. The maximum absolute atomic E-state index is 13.0. The van der Waals surface area contributed by atoms with Crippen LogP contribution in [0.5, 0.6) is 11.6 Å². The van der Waals surface area contributed by atoms with Crippen molar-refractivity contribution in [2.24, 2.45) is 0 Å². The summed E-state index contributed by atoms with van der Waals surface area (Å²) >= 11 is 1.41. The number of fused-ring (bicyclic) bond motifs is 3. The van der Waals surface area contributed by atoms with Crippen molar-refractivity contribution in [1.29, 1.82) is 5.26 Å². The number of methoxy groups -OCH3 is 1. The zero-order valence-corrected chi connectivity index (χ0v) is 18.7. The summed E-state index contributed by atoms with van der Waals surface area (Å²) in [5.41, 5.74) is 2.62. The van der Waals surface area contributed by atoms with Crippen molar-refractivity contribution in [2.45, 2.75) is 6.92 Å². The first-order valence-corrected chi connectivity index (χ1v) is 11.1. The standard InChI is InChI=1S/C25H18N4O3S/c1-3-32-23-18(13-26)20(15-7-5-4-6-8-15)21-22-19(33-24(21)28-23)14-29(25(30)27-22)16-9-11-17(31-2)12-10-16/h4-12,14H,3H2,1-2H3. The predicted octanol–water partition coefficient (Wildman–Crippen LogP) is 4.94. The van der Waals surface area contributed by atoms with Crippen molar-refractivity contribution >= 4 is 31.8 Å². The molecule has 3 aromatic heterocycles. The Bertz CT molecular complexity index is 1580. The average Bonchev–Trinajstić information content (AvgIpc) is 3.20. The molecule has 7 nitrogen and oxygen atoms in total. The largest absolute Gasteiger partial charge is 0.497 e. The van der Waals surface area contributed by atoms with E-state index in [-0.39, 0.29) is 5.88 Å². The van der Waals surface area contributed by atoms with Gasteiger partial charge >= 0.3 is 5.69 Å². The molecule has 0 fully saturated rings. The number of ether oxygens (including phenoxy) is 2. The quantitative estimate of drug-likeness (QED) is 0.374. The molecule has 5 rings (SSSR count). The predicted molar refractivity (Wildman–Crippen MR) is 128 cm³/mol. The summed E-state index contributed by atoms with van der Waals surface area (Å²) < 4.78 is 13.2. The lowest BCUT2D eigenvalue weighted by atomic mass is 9.98. The highest BCUT2D eigenvalue weighted by molar-refractivity contribution is 7.25. The van der Waals surface area contributed by atoms with Crippen LogP contribution >= 0.6 is 11.3 Å². The molecule has 0 saturated heterocycles. The van der Waals surface area contributed by atoms with Gasteiger partial charge in [0.1, 0.15) is 22.2 Å². The molecular formula is C25H18N4O3S. The van der Waals surface area contributed by atoms with Gasteiger partial charge in [-0.05, 0) is 36.8 Å². The molecule has 0 aliphatic heterocycles. The molecular weight excluding hydrogens is 436 g/mol. The van der Waals surface area contributed by atoms with Crippen LogP contribution in [0.4, 0.5) is 0 Å². The number of thiophene rings is 1. The van der Waals surface area contributed by atoms with E-state index in [2.05, 4.69) is 16.0 Å². The summed E-state index contributed by atoms with van der Waals surface area (Å²) in [6.45, 7) is 2.23. The van der Waals surface area contributed by atoms with Crippen LogP contribution < -0.4 is 15.2 Å². The van der Waals surface area contributed by atoms with Crippen molar-refractivity contribution in [3.63, 3.8) is 0 Å². The summed E-state index contributed by atoms with van der Waals surface area (Å²) in [6.07, 6.45) is 1.76. The molecule has 0 aliphatic carbocycles. The van der Waals surface area contributed by atoms with Gasteiger partial charge in [0.2, 0.25) is 5.88 Å². The maximum Gasteiger partial charge on any atom is 0.352 e. The Hall–Kier alpha value is -4.22. The van der Waals surface area contributed by atoms with E-state index in [1.807, 2.05) is 37.3 Å². The zero-order chi connectivity index (χ0) is 22.9. The minimum absolute atomic E-state index is 0.281. The summed E-state index contributed by atoms with van der Waals surface area (Å²) in [6, 6.07) is 19.0. The molecule has 0 aliphatic rings. The molecule has 0 unspecified atom stereocenters. The molecule has 162 valence electrons. The minimum Gasteiger partial charge on any atom is -0.497 e. The zero-order valence-electron chi connectivity index (χ0n) is 17.9. The summed E-state index contributed by atoms with van der Waals surface area (Å²) in [5, 5.41) is 10.7. The maximum atomic E-state index is 13.0. The van der Waals surface area contributed by atoms with Gasteiger partial charge < -0.3 is 9.47 Å². The second-order valence-electron chi connectivity index (χ2n) is 7.16. The summed E-state index contributed by atoms with van der Waals surface area (Å²) in [5.74, 6) is 0.982. The van der Waals surface area contributed by atoms with Crippen LogP contribution in [0.1, 0.15) is 12.5 Å². The number of benzene rings is 2. The van der Waals surface area contributed by atoms with Gasteiger partial charge in [-0.2, -0.15) is 10.2 Å². The van der Waals surface area contributed by atoms with Gasteiger partial charge in [0.15, 0.2) is 0 Å². The Morgan fingerprint density at radius 1 is 1.09 bits per heavy atom. The third-order valence-corrected chi connectivity index (χ3v) is 6.28. The molecule has 0 amide bonds. The van der Waals surface area contributed by atoms with Gasteiger partial charge in [0, 0.05) is 17.1 Å². The Balaban J connectivity index is 1.84. The topological polar surface area (TPSA) is 90.0 Å². The number of nitriles is 1. The molecule has 0 atom stereocenters. The van der Waals surface area contributed by atoms with Gasteiger partial charge in [0.05, 0.1) is 29.6 Å². The van der Waals surface area contributed by atoms with Crippen molar-refractivity contribution in [2.75, 3.05) is 13.7 Å². The molecule has 33 heavy (non-hydrogen) atoms. The van der Waals surface area contributed by atoms with E-state index in [0.717, 1.165) is 10.3 Å². The second kappa shape index (κ2) is 8.37.